The topological polar surface area (TPSA) is 53.5 Å². The fraction of sp³-hybridized carbons (Fsp3) is 0.455. The average molecular weight is 208 g/mol. The van der Waals surface area contributed by atoms with Gasteiger partial charge in [0, 0.05) is 31.2 Å². The van der Waals surface area contributed by atoms with Gasteiger partial charge in [-0.2, -0.15) is 0 Å². The number of hydrogen-bond acceptors (Lipinski definition) is 4. The quantitative estimate of drug-likeness (QED) is 0.667. The van der Waals surface area contributed by atoms with Crippen LogP contribution in [0.15, 0.2) is 18.2 Å². The van der Waals surface area contributed by atoms with Crippen LogP contribution in [0.3, 0.4) is 0 Å². The van der Waals surface area contributed by atoms with Crippen molar-refractivity contribution in [2.75, 3.05) is 26.7 Å². The van der Waals surface area contributed by atoms with Crippen LogP contribution in [0, 0.1) is 0 Å². The lowest BCUT2D eigenvalue weighted by molar-refractivity contribution is 0.358. The van der Waals surface area contributed by atoms with E-state index in [4.69, 9.17) is 4.74 Å². The summed E-state index contributed by atoms with van der Waals surface area (Å²) in [7, 11) is 1.56. The van der Waals surface area contributed by atoms with E-state index < -0.39 is 0 Å². The van der Waals surface area contributed by atoms with Crippen molar-refractivity contribution in [1.82, 2.24) is 10.6 Å². The Morgan fingerprint density at radius 1 is 1.40 bits per heavy atom. The number of para-hydroxylation sites is 1. The van der Waals surface area contributed by atoms with Gasteiger partial charge in [0.15, 0.2) is 11.5 Å². The molecule has 4 heteroatoms. The van der Waals surface area contributed by atoms with E-state index in [9.17, 15) is 5.11 Å². The number of benzene rings is 1. The zero-order valence-electron chi connectivity index (χ0n) is 8.79. The van der Waals surface area contributed by atoms with Gasteiger partial charge in [-0.05, 0) is 6.07 Å². The molecule has 1 atom stereocenters. The molecule has 1 aliphatic rings. The Morgan fingerprint density at radius 2 is 2.27 bits per heavy atom. The predicted octanol–water partition coefficient (Wildman–Crippen LogP) is 0.635. The highest BCUT2D eigenvalue weighted by Crippen LogP contribution is 2.33. The summed E-state index contributed by atoms with van der Waals surface area (Å²) in [5, 5.41) is 16.6. The molecule has 1 heterocycles. The molecular weight excluding hydrogens is 192 g/mol. The van der Waals surface area contributed by atoms with Gasteiger partial charge in [0.25, 0.3) is 0 Å². The minimum absolute atomic E-state index is 0.161. The third-order valence-electron chi connectivity index (χ3n) is 2.67. The van der Waals surface area contributed by atoms with E-state index in [1.807, 2.05) is 12.1 Å². The number of piperazine rings is 1. The lowest BCUT2D eigenvalue weighted by atomic mass is 10.0. The van der Waals surface area contributed by atoms with Gasteiger partial charge in [-0.15, -0.1) is 0 Å². The lowest BCUT2D eigenvalue weighted by Gasteiger charge is -2.25. The molecule has 1 fully saturated rings. The summed E-state index contributed by atoms with van der Waals surface area (Å²) in [5.41, 5.74) is 0.890. The van der Waals surface area contributed by atoms with E-state index in [0.29, 0.717) is 5.75 Å². The first-order valence-corrected chi connectivity index (χ1v) is 5.13. The maximum atomic E-state index is 9.95. The van der Waals surface area contributed by atoms with Crippen LogP contribution in [0.4, 0.5) is 0 Å². The molecule has 0 saturated carbocycles. The van der Waals surface area contributed by atoms with Gasteiger partial charge in [-0.3, -0.25) is 0 Å². The van der Waals surface area contributed by atoms with Crippen LogP contribution in [0.1, 0.15) is 11.6 Å². The zero-order valence-corrected chi connectivity index (χ0v) is 8.79. The van der Waals surface area contributed by atoms with Crippen molar-refractivity contribution in [1.29, 1.82) is 0 Å². The lowest BCUT2D eigenvalue weighted by Crippen LogP contribution is -2.42. The van der Waals surface area contributed by atoms with Crippen LogP contribution < -0.4 is 15.4 Å². The highest BCUT2D eigenvalue weighted by molar-refractivity contribution is 5.47. The van der Waals surface area contributed by atoms with Crippen LogP contribution in [0.2, 0.25) is 0 Å². The molecule has 82 valence electrons. The normalized spacial score (nSPS) is 21.3. The van der Waals surface area contributed by atoms with E-state index in [0.717, 1.165) is 25.2 Å². The van der Waals surface area contributed by atoms with Crippen molar-refractivity contribution < 1.29 is 9.84 Å². The van der Waals surface area contributed by atoms with E-state index >= 15 is 0 Å². The number of aromatic hydroxyl groups is 1. The summed E-state index contributed by atoms with van der Waals surface area (Å²) >= 11 is 0. The molecule has 1 aromatic rings. The monoisotopic (exact) mass is 208 g/mol. The van der Waals surface area contributed by atoms with E-state index in [1.165, 1.54) is 0 Å². The number of nitrogens with one attached hydrogen (secondary N) is 2. The first-order chi connectivity index (χ1) is 7.33. The molecule has 0 aliphatic carbocycles. The number of phenolic OH excluding ortho intramolecular Hbond substituents is 1. The van der Waals surface area contributed by atoms with Gasteiger partial charge in [0.05, 0.1) is 7.11 Å². The third kappa shape index (κ3) is 2.06. The minimum Gasteiger partial charge on any atom is -0.504 e. The maximum absolute atomic E-state index is 9.95. The summed E-state index contributed by atoms with van der Waals surface area (Å²) in [6, 6.07) is 5.73. The minimum atomic E-state index is 0.161. The van der Waals surface area contributed by atoms with Gasteiger partial charge in [-0.25, -0.2) is 0 Å². The van der Waals surface area contributed by atoms with Gasteiger partial charge in [-0.1, -0.05) is 12.1 Å². The Morgan fingerprint density at radius 3 is 2.93 bits per heavy atom. The fourth-order valence-electron chi connectivity index (χ4n) is 1.86. The van der Waals surface area contributed by atoms with E-state index in [1.54, 1.807) is 13.2 Å². The van der Waals surface area contributed by atoms with Gasteiger partial charge in [0.2, 0.25) is 0 Å². The number of methoxy groups -OCH3 is 1. The molecule has 0 aromatic heterocycles. The second-order valence-corrected chi connectivity index (χ2v) is 3.61. The predicted molar refractivity (Wildman–Crippen MR) is 58.3 cm³/mol. The molecule has 4 nitrogen and oxygen atoms in total. The van der Waals surface area contributed by atoms with Crippen LogP contribution in [-0.2, 0) is 0 Å². The van der Waals surface area contributed by atoms with Gasteiger partial charge in [0.1, 0.15) is 0 Å². The van der Waals surface area contributed by atoms with Crippen LogP contribution in [0.5, 0.6) is 11.5 Å². The van der Waals surface area contributed by atoms with Gasteiger partial charge < -0.3 is 20.5 Å². The SMILES string of the molecule is COc1cccc([C@@H]2CNCCN2)c1O. The summed E-state index contributed by atoms with van der Waals surface area (Å²) in [5.74, 6) is 0.765. The highest BCUT2D eigenvalue weighted by atomic mass is 16.5. The van der Waals surface area contributed by atoms with Crippen molar-refractivity contribution in [2.45, 2.75) is 6.04 Å². The molecule has 1 aromatic carbocycles. The number of hydrogen-bond donors (Lipinski definition) is 3. The van der Waals surface area contributed by atoms with Crippen molar-refractivity contribution in [3.05, 3.63) is 23.8 Å². The standard InChI is InChI=1S/C11H16N2O2/c1-15-10-4-2-3-8(11(10)14)9-7-12-5-6-13-9/h2-4,9,12-14H,5-7H2,1H3/t9-/m0/s1. The zero-order chi connectivity index (χ0) is 10.7. The fourth-order valence-corrected chi connectivity index (χ4v) is 1.86. The molecule has 0 bridgehead atoms. The molecule has 15 heavy (non-hydrogen) atoms. The molecule has 1 aliphatic heterocycles. The molecule has 0 unspecified atom stereocenters. The first-order valence-electron chi connectivity index (χ1n) is 5.13. The Bertz CT molecular complexity index is 335. The average Bonchev–Trinajstić information content (AvgIpc) is 2.30. The van der Waals surface area contributed by atoms with Crippen molar-refractivity contribution in [2.24, 2.45) is 0 Å². The van der Waals surface area contributed by atoms with Crippen molar-refractivity contribution in [3.8, 4) is 11.5 Å². The molecule has 2 rings (SSSR count). The Labute approximate surface area is 89.3 Å². The van der Waals surface area contributed by atoms with E-state index in [-0.39, 0.29) is 11.8 Å². The van der Waals surface area contributed by atoms with E-state index in [2.05, 4.69) is 10.6 Å². The smallest absolute Gasteiger partial charge is 0.162 e. The number of rotatable bonds is 2. The van der Waals surface area contributed by atoms with Crippen LogP contribution in [0.25, 0.3) is 0 Å². The Kier molecular flexibility index (Phi) is 3.08. The largest absolute Gasteiger partial charge is 0.504 e. The number of ether oxygens (including phenoxy) is 1. The molecule has 1 saturated heterocycles. The summed E-state index contributed by atoms with van der Waals surface area (Å²) in [6.45, 7) is 2.73. The first kappa shape index (κ1) is 10.3. The Hall–Kier alpha value is -1.26. The van der Waals surface area contributed by atoms with Gasteiger partial charge >= 0.3 is 0 Å². The second kappa shape index (κ2) is 4.51. The van der Waals surface area contributed by atoms with Crippen LogP contribution >= 0.6 is 0 Å². The Balaban J connectivity index is 2.26. The summed E-state index contributed by atoms with van der Waals surface area (Å²) in [6.07, 6.45) is 0. The summed E-state index contributed by atoms with van der Waals surface area (Å²) in [4.78, 5) is 0. The maximum Gasteiger partial charge on any atom is 0.162 e. The molecule has 0 amide bonds. The molecule has 0 spiro atoms. The second-order valence-electron chi connectivity index (χ2n) is 3.61. The molecular formula is C11H16N2O2. The van der Waals surface area contributed by atoms with Crippen LogP contribution in [-0.4, -0.2) is 31.9 Å². The van der Waals surface area contributed by atoms with Crippen molar-refractivity contribution in [3.63, 3.8) is 0 Å². The molecule has 3 N–H and O–H groups in total. The van der Waals surface area contributed by atoms with Crippen molar-refractivity contribution >= 4 is 0 Å². The number of phenols is 1. The summed E-state index contributed by atoms with van der Waals surface area (Å²) < 4.78 is 5.08. The highest BCUT2D eigenvalue weighted by Gasteiger charge is 2.19. The molecule has 0 radical (unpaired) electrons. The third-order valence-corrected chi connectivity index (χ3v) is 2.67.